The molecule has 0 bridgehead atoms. The van der Waals surface area contributed by atoms with Gasteiger partial charge in [-0.05, 0) is 19.4 Å². The maximum absolute atomic E-state index is 6.10. The molecular weight excluding hydrogens is 274 g/mol. The quantitative estimate of drug-likeness (QED) is 0.878. The summed E-state index contributed by atoms with van der Waals surface area (Å²) in [5.74, 6) is 1.17. The lowest BCUT2D eigenvalue weighted by atomic mass is 10.2. The summed E-state index contributed by atoms with van der Waals surface area (Å²) >= 11 is 6.10. The third kappa shape index (κ3) is 3.84. The van der Waals surface area contributed by atoms with Crippen LogP contribution in [0.2, 0.25) is 5.02 Å². The highest BCUT2D eigenvalue weighted by Gasteiger charge is 2.06. The Balaban J connectivity index is 2.07. The van der Waals surface area contributed by atoms with Crippen LogP contribution < -0.4 is 10.1 Å². The summed E-state index contributed by atoms with van der Waals surface area (Å²) in [4.78, 5) is 8.59. The van der Waals surface area contributed by atoms with Gasteiger partial charge >= 0.3 is 0 Å². The Bertz CT molecular complexity index is 575. The summed E-state index contributed by atoms with van der Waals surface area (Å²) in [7, 11) is 0. The zero-order chi connectivity index (χ0) is 14.4. The third-order valence-corrected chi connectivity index (χ3v) is 3.15. The molecule has 0 aliphatic rings. The molecular formula is C15H18ClN3O. The lowest BCUT2D eigenvalue weighted by Gasteiger charge is -2.10. The molecule has 0 unspecified atom stereocenters. The molecule has 1 aromatic carbocycles. The van der Waals surface area contributed by atoms with Gasteiger partial charge in [-0.1, -0.05) is 36.7 Å². The Labute approximate surface area is 124 Å². The molecule has 0 aliphatic heterocycles. The molecule has 0 amide bonds. The fraction of sp³-hybridized carbons (Fsp3) is 0.333. The first-order valence-corrected chi connectivity index (χ1v) is 7.02. The SMILES string of the molecule is CCCNc1ncc(C)c(OCc2ccccc2Cl)n1. The van der Waals surface area contributed by atoms with Crippen molar-refractivity contribution in [2.24, 2.45) is 0 Å². The van der Waals surface area contributed by atoms with Gasteiger partial charge in [-0.25, -0.2) is 4.98 Å². The highest BCUT2D eigenvalue weighted by Crippen LogP contribution is 2.20. The molecule has 0 atom stereocenters. The number of nitrogens with one attached hydrogen (secondary N) is 1. The minimum Gasteiger partial charge on any atom is -0.472 e. The average Bonchev–Trinajstić information content (AvgIpc) is 2.46. The molecule has 106 valence electrons. The van der Waals surface area contributed by atoms with Crippen LogP contribution in [0.5, 0.6) is 5.88 Å². The molecule has 0 saturated carbocycles. The normalized spacial score (nSPS) is 10.3. The van der Waals surface area contributed by atoms with E-state index < -0.39 is 0 Å². The molecule has 2 rings (SSSR count). The third-order valence-electron chi connectivity index (χ3n) is 2.78. The molecule has 0 aliphatic carbocycles. The molecule has 1 aromatic heterocycles. The molecule has 0 fully saturated rings. The maximum Gasteiger partial charge on any atom is 0.225 e. The van der Waals surface area contributed by atoms with Gasteiger partial charge in [-0.15, -0.1) is 0 Å². The number of aryl methyl sites for hydroxylation is 1. The van der Waals surface area contributed by atoms with E-state index in [0.717, 1.165) is 24.1 Å². The van der Waals surface area contributed by atoms with Crippen LogP contribution in [0.25, 0.3) is 0 Å². The van der Waals surface area contributed by atoms with Crippen LogP contribution in [0, 0.1) is 6.92 Å². The second kappa shape index (κ2) is 7.10. The Kier molecular flexibility index (Phi) is 5.18. The summed E-state index contributed by atoms with van der Waals surface area (Å²) in [6.07, 6.45) is 2.78. The van der Waals surface area contributed by atoms with E-state index in [1.54, 1.807) is 6.20 Å². The molecule has 2 aromatic rings. The monoisotopic (exact) mass is 291 g/mol. The lowest BCUT2D eigenvalue weighted by Crippen LogP contribution is -2.07. The highest BCUT2D eigenvalue weighted by atomic mass is 35.5. The van der Waals surface area contributed by atoms with Crippen LogP contribution in [0.1, 0.15) is 24.5 Å². The molecule has 1 heterocycles. The zero-order valence-electron chi connectivity index (χ0n) is 11.7. The number of rotatable bonds is 6. The van der Waals surface area contributed by atoms with E-state index in [0.29, 0.717) is 23.5 Å². The molecule has 20 heavy (non-hydrogen) atoms. The second-order valence-electron chi connectivity index (χ2n) is 4.49. The number of aromatic nitrogens is 2. The van der Waals surface area contributed by atoms with Crippen molar-refractivity contribution < 1.29 is 4.74 Å². The topological polar surface area (TPSA) is 47.0 Å². The van der Waals surface area contributed by atoms with E-state index in [1.165, 1.54) is 0 Å². The number of ether oxygens (including phenoxy) is 1. The first kappa shape index (κ1) is 14.6. The second-order valence-corrected chi connectivity index (χ2v) is 4.90. The van der Waals surface area contributed by atoms with Crippen molar-refractivity contribution in [3.8, 4) is 5.88 Å². The van der Waals surface area contributed by atoms with Gasteiger partial charge in [0.25, 0.3) is 0 Å². The summed E-state index contributed by atoms with van der Waals surface area (Å²) in [5.41, 5.74) is 1.84. The van der Waals surface area contributed by atoms with Crippen LogP contribution in [-0.4, -0.2) is 16.5 Å². The van der Waals surface area contributed by atoms with Crippen molar-refractivity contribution >= 4 is 17.5 Å². The van der Waals surface area contributed by atoms with Crippen molar-refractivity contribution in [1.82, 2.24) is 9.97 Å². The van der Waals surface area contributed by atoms with E-state index in [9.17, 15) is 0 Å². The number of benzene rings is 1. The van der Waals surface area contributed by atoms with Crippen molar-refractivity contribution in [2.75, 3.05) is 11.9 Å². The molecule has 1 N–H and O–H groups in total. The van der Waals surface area contributed by atoms with Crippen LogP contribution >= 0.6 is 11.6 Å². The molecule has 0 saturated heterocycles. The van der Waals surface area contributed by atoms with Crippen LogP contribution in [0.15, 0.2) is 30.5 Å². The van der Waals surface area contributed by atoms with Crippen LogP contribution in [-0.2, 0) is 6.61 Å². The minimum atomic E-state index is 0.394. The predicted octanol–water partition coefficient (Wildman–Crippen LogP) is 3.84. The van der Waals surface area contributed by atoms with Gasteiger partial charge in [0.2, 0.25) is 11.8 Å². The fourth-order valence-electron chi connectivity index (χ4n) is 1.66. The molecule has 4 nitrogen and oxygen atoms in total. The van der Waals surface area contributed by atoms with E-state index in [1.807, 2.05) is 31.2 Å². The summed E-state index contributed by atoms with van der Waals surface area (Å²) in [5, 5.41) is 3.84. The Morgan fingerprint density at radius 1 is 1.30 bits per heavy atom. The van der Waals surface area contributed by atoms with Gasteiger partial charge in [0, 0.05) is 28.9 Å². The van der Waals surface area contributed by atoms with Crippen molar-refractivity contribution in [3.05, 3.63) is 46.6 Å². The molecule has 5 heteroatoms. The van der Waals surface area contributed by atoms with E-state index >= 15 is 0 Å². The predicted molar refractivity (Wildman–Crippen MR) is 81.3 cm³/mol. The van der Waals surface area contributed by atoms with Gasteiger partial charge in [0.1, 0.15) is 6.61 Å². The van der Waals surface area contributed by atoms with Crippen LogP contribution in [0.3, 0.4) is 0 Å². The standard InChI is InChI=1S/C15H18ClN3O/c1-3-8-17-15-18-9-11(2)14(19-15)20-10-12-6-4-5-7-13(12)16/h4-7,9H,3,8,10H2,1-2H3,(H,17,18,19). The number of nitrogens with zero attached hydrogens (tertiary/aromatic N) is 2. The smallest absolute Gasteiger partial charge is 0.225 e. The first-order chi connectivity index (χ1) is 9.70. The summed E-state index contributed by atoms with van der Waals surface area (Å²) < 4.78 is 5.75. The Hall–Kier alpha value is -1.81. The van der Waals surface area contributed by atoms with Crippen molar-refractivity contribution in [1.29, 1.82) is 0 Å². The number of hydrogen-bond donors (Lipinski definition) is 1. The van der Waals surface area contributed by atoms with Crippen LogP contribution in [0.4, 0.5) is 5.95 Å². The minimum absolute atomic E-state index is 0.394. The molecule has 0 spiro atoms. The van der Waals surface area contributed by atoms with Crippen molar-refractivity contribution in [3.63, 3.8) is 0 Å². The first-order valence-electron chi connectivity index (χ1n) is 6.64. The number of anilines is 1. The number of hydrogen-bond acceptors (Lipinski definition) is 4. The van der Waals surface area contributed by atoms with E-state index in [4.69, 9.17) is 16.3 Å². The van der Waals surface area contributed by atoms with Gasteiger partial charge in [-0.2, -0.15) is 4.98 Å². The lowest BCUT2D eigenvalue weighted by molar-refractivity contribution is 0.291. The fourth-order valence-corrected chi connectivity index (χ4v) is 1.85. The Morgan fingerprint density at radius 3 is 2.85 bits per heavy atom. The average molecular weight is 292 g/mol. The van der Waals surface area contributed by atoms with E-state index in [-0.39, 0.29) is 0 Å². The zero-order valence-corrected chi connectivity index (χ0v) is 12.4. The summed E-state index contributed by atoms with van der Waals surface area (Å²) in [6.45, 7) is 5.25. The van der Waals surface area contributed by atoms with Crippen molar-refractivity contribution in [2.45, 2.75) is 26.9 Å². The van der Waals surface area contributed by atoms with Gasteiger partial charge in [0.15, 0.2) is 0 Å². The maximum atomic E-state index is 6.10. The Morgan fingerprint density at radius 2 is 2.10 bits per heavy atom. The summed E-state index contributed by atoms with van der Waals surface area (Å²) in [6, 6.07) is 7.62. The molecule has 0 radical (unpaired) electrons. The van der Waals surface area contributed by atoms with Gasteiger partial charge in [0.05, 0.1) is 0 Å². The largest absolute Gasteiger partial charge is 0.472 e. The number of halogens is 1. The van der Waals surface area contributed by atoms with Gasteiger partial charge in [-0.3, -0.25) is 0 Å². The van der Waals surface area contributed by atoms with E-state index in [2.05, 4.69) is 22.2 Å². The highest BCUT2D eigenvalue weighted by molar-refractivity contribution is 6.31. The van der Waals surface area contributed by atoms with Gasteiger partial charge < -0.3 is 10.1 Å².